The Labute approximate surface area is 159 Å². The van der Waals surface area contributed by atoms with Crippen LogP contribution < -0.4 is 0 Å². The van der Waals surface area contributed by atoms with Gasteiger partial charge in [0.1, 0.15) is 0 Å². The fourth-order valence-electron chi connectivity index (χ4n) is 3.48. The van der Waals surface area contributed by atoms with Gasteiger partial charge in [-0.05, 0) is 59.2 Å². The number of carbonyl (C=O) groups excluding carboxylic acids is 1. The van der Waals surface area contributed by atoms with Crippen LogP contribution in [-0.2, 0) is 22.5 Å². The maximum atomic E-state index is 12.0. The third-order valence-electron chi connectivity index (χ3n) is 4.96. The minimum absolute atomic E-state index is 0.313. The van der Waals surface area contributed by atoms with Crippen LogP contribution in [0.2, 0.25) is 0 Å². The van der Waals surface area contributed by atoms with Crippen molar-refractivity contribution in [3.63, 3.8) is 0 Å². The van der Waals surface area contributed by atoms with Crippen molar-refractivity contribution < 1.29 is 9.63 Å². The van der Waals surface area contributed by atoms with Crippen LogP contribution in [0.15, 0.2) is 78.0 Å². The van der Waals surface area contributed by atoms with Crippen LogP contribution >= 0.6 is 0 Å². The van der Waals surface area contributed by atoms with Gasteiger partial charge in [-0.2, -0.15) is 0 Å². The smallest absolute Gasteiger partial charge is 0.318 e. The highest BCUT2D eigenvalue weighted by molar-refractivity contribution is 5.99. The van der Waals surface area contributed by atoms with Crippen molar-refractivity contribution in [2.75, 3.05) is 0 Å². The highest BCUT2D eigenvalue weighted by atomic mass is 16.7. The monoisotopic (exact) mass is 355 g/mol. The van der Waals surface area contributed by atoms with Gasteiger partial charge in [-0.25, -0.2) is 4.79 Å². The quantitative estimate of drug-likeness (QED) is 0.282. The average Bonchev–Trinajstić information content (AvgIpc) is 3.09. The number of hydrogen-bond donors (Lipinski definition) is 0. The van der Waals surface area contributed by atoms with Gasteiger partial charge in [0, 0.05) is 0 Å². The van der Waals surface area contributed by atoms with Crippen molar-refractivity contribution in [2.24, 2.45) is 5.16 Å². The van der Waals surface area contributed by atoms with Crippen molar-refractivity contribution in [3.05, 3.63) is 95.1 Å². The molecule has 0 aromatic heterocycles. The highest BCUT2D eigenvalue weighted by Gasteiger charge is 2.18. The zero-order valence-electron chi connectivity index (χ0n) is 15.3. The Balaban J connectivity index is 1.40. The van der Waals surface area contributed by atoms with Gasteiger partial charge < -0.3 is 4.84 Å². The predicted octanol–water partition coefficient (Wildman–Crippen LogP) is 5.16. The molecule has 0 amide bonds. The Bertz CT molecular complexity index is 1010. The molecule has 0 atom stereocenters. The second-order valence-electron chi connectivity index (χ2n) is 6.83. The molecule has 3 heteroatoms. The van der Waals surface area contributed by atoms with Crippen LogP contribution in [-0.4, -0.2) is 11.7 Å². The van der Waals surface area contributed by atoms with Gasteiger partial charge in [0.15, 0.2) is 0 Å². The fraction of sp³-hybridized carbons (Fsp3) is 0.167. The van der Waals surface area contributed by atoms with Gasteiger partial charge in [-0.15, -0.1) is 0 Å². The topological polar surface area (TPSA) is 38.7 Å². The summed E-state index contributed by atoms with van der Waals surface area (Å²) in [7, 11) is 0. The van der Waals surface area contributed by atoms with Crippen LogP contribution in [0.1, 0.15) is 35.6 Å². The average molecular weight is 355 g/mol. The number of nitrogens with zero attached hydrogens (tertiary/aromatic N) is 1. The molecule has 1 aliphatic carbocycles. The van der Waals surface area contributed by atoms with E-state index in [0.29, 0.717) is 18.6 Å². The Kier molecular flexibility index (Phi) is 4.84. The molecule has 0 heterocycles. The third kappa shape index (κ3) is 3.82. The lowest BCUT2D eigenvalue weighted by Crippen LogP contribution is -2.05. The molecule has 0 aliphatic heterocycles. The van der Waals surface area contributed by atoms with Crippen LogP contribution in [0, 0.1) is 0 Å². The Morgan fingerprint density at radius 3 is 2.52 bits per heavy atom. The van der Waals surface area contributed by atoms with Gasteiger partial charge in [0.2, 0.25) is 0 Å². The minimum Gasteiger partial charge on any atom is -0.318 e. The Morgan fingerprint density at radius 1 is 0.926 bits per heavy atom. The van der Waals surface area contributed by atoms with E-state index in [9.17, 15) is 4.79 Å². The summed E-state index contributed by atoms with van der Waals surface area (Å²) in [5.74, 6) is -0.313. The summed E-state index contributed by atoms with van der Waals surface area (Å²) in [4.78, 5) is 17.1. The lowest BCUT2D eigenvalue weighted by Gasteiger charge is -2.05. The number of oxime groups is 1. The maximum Gasteiger partial charge on any atom is 0.335 e. The van der Waals surface area contributed by atoms with Gasteiger partial charge in [0.05, 0.1) is 12.1 Å². The van der Waals surface area contributed by atoms with Gasteiger partial charge in [-0.1, -0.05) is 71.9 Å². The maximum absolute atomic E-state index is 12.0. The molecule has 1 aliphatic rings. The lowest BCUT2D eigenvalue weighted by molar-refractivity contribution is -0.143. The summed E-state index contributed by atoms with van der Waals surface area (Å²) in [6.07, 6.45) is 1.91. The number of carbonyl (C=O) groups is 1. The van der Waals surface area contributed by atoms with E-state index in [2.05, 4.69) is 41.6 Å². The van der Waals surface area contributed by atoms with Crippen LogP contribution in [0.5, 0.6) is 0 Å². The van der Waals surface area contributed by atoms with E-state index in [1.165, 1.54) is 22.3 Å². The zero-order valence-corrected chi connectivity index (χ0v) is 15.3. The summed E-state index contributed by atoms with van der Waals surface area (Å²) in [5, 5.41) is 4.05. The van der Waals surface area contributed by atoms with Crippen molar-refractivity contribution in [2.45, 2.75) is 26.2 Å². The number of benzene rings is 3. The molecular formula is C24H21NO2. The van der Waals surface area contributed by atoms with E-state index in [-0.39, 0.29) is 5.97 Å². The van der Waals surface area contributed by atoms with Crippen LogP contribution in [0.4, 0.5) is 0 Å². The second kappa shape index (κ2) is 7.58. The predicted molar refractivity (Wildman–Crippen MR) is 108 cm³/mol. The largest absolute Gasteiger partial charge is 0.335 e. The van der Waals surface area contributed by atoms with E-state index in [4.69, 9.17) is 4.84 Å². The zero-order chi connectivity index (χ0) is 18.6. The van der Waals surface area contributed by atoms with Crippen LogP contribution in [0.25, 0.3) is 11.1 Å². The second-order valence-corrected chi connectivity index (χ2v) is 6.83. The van der Waals surface area contributed by atoms with E-state index in [0.717, 1.165) is 17.5 Å². The van der Waals surface area contributed by atoms with Crippen LogP contribution in [0.3, 0.4) is 0 Å². The molecule has 0 fully saturated rings. The van der Waals surface area contributed by atoms with Crippen molar-refractivity contribution in [3.8, 4) is 11.1 Å². The summed E-state index contributed by atoms with van der Waals surface area (Å²) in [5.41, 5.74) is 8.04. The van der Waals surface area contributed by atoms with Crippen molar-refractivity contribution in [1.82, 2.24) is 0 Å². The van der Waals surface area contributed by atoms with Gasteiger partial charge in [-0.3, -0.25) is 0 Å². The first-order valence-corrected chi connectivity index (χ1v) is 9.20. The summed E-state index contributed by atoms with van der Waals surface area (Å²) >= 11 is 0. The standard InChI is InChI=1S/C24H21NO2/c1-17(25-27-24(26)14-11-18-7-3-2-4-8-18)19-12-13-23-21(15-19)16-20-9-5-6-10-22(20)23/h2-10,12-13,15H,11,14,16H2,1H3/b25-17+. The van der Waals surface area contributed by atoms with Gasteiger partial charge in [0.25, 0.3) is 0 Å². The lowest BCUT2D eigenvalue weighted by atomic mass is 10.0. The first-order chi connectivity index (χ1) is 13.2. The third-order valence-corrected chi connectivity index (χ3v) is 4.96. The first kappa shape index (κ1) is 17.2. The molecule has 0 unspecified atom stereocenters. The normalized spacial score (nSPS) is 12.4. The number of aryl methyl sites for hydroxylation is 1. The number of rotatable bonds is 5. The number of hydrogen-bond acceptors (Lipinski definition) is 3. The van der Waals surface area contributed by atoms with Gasteiger partial charge >= 0.3 is 5.97 Å². The molecule has 0 bridgehead atoms. The molecule has 3 aromatic carbocycles. The van der Waals surface area contributed by atoms with E-state index >= 15 is 0 Å². The SMILES string of the molecule is C/C(=N\OC(=O)CCc1ccccc1)c1ccc2c(c1)Cc1ccccc1-2. The molecular weight excluding hydrogens is 334 g/mol. The summed E-state index contributed by atoms with van der Waals surface area (Å²) < 4.78 is 0. The molecule has 27 heavy (non-hydrogen) atoms. The molecule has 0 saturated carbocycles. The van der Waals surface area contributed by atoms with Crippen molar-refractivity contribution in [1.29, 1.82) is 0 Å². The van der Waals surface area contributed by atoms with E-state index in [1.807, 2.05) is 43.3 Å². The molecule has 0 spiro atoms. The molecule has 0 saturated heterocycles. The highest BCUT2D eigenvalue weighted by Crippen LogP contribution is 2.36. The molecule has 4 rings (SSSR count). The fourth-order valence-corrected chi connectivity index (χ4v) is 3.48. The molecule has 134 valence electrons. The minimum atomic E-state index is -0.313. The molecule has 3 nitrogen and oxygen atoms in total. The molecule has 3 aromatic rings. The molecule has 0 radical (unpaired) electrons. The van der Waals surface area contributed by atoms with E-state index in [1.54, 1.807) is 0 Å². The summed E-state index contributed by atoms with van der Waals surface area (Å²) in [6, 6.07) is 24.7. The Hall–Kier alpha value is -3.20. The van der Waals surface area contributed by atoms with E-state index < -0.39 is 0 Å². The molecule has 0 N–H and O–H groups in total. The first-order valence-electron chi connectivity index (χ1n) is 9.20. The number of fused-ring (bicyclic) bond motifs is 3. The Morgan fingerprint density at radius 2 is 1.67 bits per heavy atom. The summed E-state index contributed by atoms with van der Waals surface area (Å²) in [6.45, 7) is 1.87. The van der Waals surface area contributed by atoms with Crippen molar-refractivity contribution >= 4 is 11.7 Å².